The maximum atomic E-state index is 13.5. The summed E-state index contributed by atoms with van der Waals surface area (Å²) in [6.45, 7) is 2.24. The average molecular weight is 522 g/mol. The number of amides is 2. The standard InChI is InChI=1S/C31H31N5O3/c1-29-13-19-14-30(16-29,18-31(39,15-19)17-29)28(38)33-22-8-5-20(6-9-22)26-34-23-10-7-21(12-24(23)35-26)27(37)36-25-4-2-3-11-32-25/h2-12,19,39H,13-18H2,1H3,(H,33,38)(H,34,35)(H,32,36,37)/t19-,29+,30?,31-/m1/s1. The number of H-pyrrole nitrogens is 1. The molecule has 4 bridgehead atoms. The Hall–Kier alpha value is -4.04. The predicted molar refractivity (Wildman–Crippen MR) is 149 cm³/mol. The lowest BCUT2D eigenvalue weighted by Crippen LogP contribution is -2.62. The SMILES string of the molecule is C[C@]12C[C@@H]3CC(C(=O)Nc4ccc(-c5nc6ccc(C(=O)Nc7ccccn7)cc6[nH]5)cc4)(C1)C[C@@](O)(C3)C2. The molecule has 2 amide bonds. The first-order valence-electron chi connectivity index (χ1n) is 13.6. The number of nitrogens with zero attached hydrogens (tertiary/aromatic N) is 2. The first-order valence-corrected chi connectivity index (χ1v) is 13.6. The third-order valence-electron chi connectivity index (χ3n) is 8.87. The van der Waals surface area contributed by atoms with Crippen molar-refractivity contribution in [2.45, 2.75) is 51.0 Å². The van der Waals surface area contributed by atoms with Crippen LogP contribution >= 0.6 is 0 Å². The van der Waals surface area contributed by atoms with Gasteiger partial charge in [-0.1, -0.05) is 13.0 Å². The third-order valence-corrected chi connectivity index (χ3v) is 8.87. The Morgan fingerprint density at radius 2 is 1.82 bits per heavy atom. The molecule has 4 N–H and O–H groups in total. The topological polar surface area (TPSA) is 120 Å². The van der Waals surface area contributed by atoms with Gasteiger partial charge in [-0.05, 0) is 104 Å². The minimum absolute atomic E-state index is 0.0317. The van der Waals surface area contributed by atoms with E-state index in [4.69, 9.17) is 0 Å². The van der Waals surface area contributed by atoms with Crippen LogP contribution < -0.4 is 10.6 Å². The van der Waals surface area contributed by atoms with E-state index in [0.717, 1.165) is 54.4 Å². The van der Waals surface area contributed by atoms with Gasteiger partial charge in [0.2, 0.25) is 5.91 Å². The first kappa shape index (κ1) is 24.0. The number of hydrogen-bond donors (Lipinski definition) is 4. The summed E-state index contributed by atoms with van der Waals surface area (Å²) in [5.74, 6) is 1.39. The summed E-state index contributed by atoms with van der Waals surface area (Å²) in [5, 5.41) is 17.1. The lowest BCUT2D eigenvalue weighted by atomic mass is 9.43. The quantitative estimate of drug-likeness (QED) is 0.275. The van der Waals surface area contributed by atoms with E-state index in [1.54, 1.807) is 30.5 Å². The van der Waals surface area contributed by atoms with Crippen molar-refractivity contribution in [2.24, 2.45) is 16.7 Å². The number of benzene rings is 2. The number of rotatable bonds is 5. The van der Waals surface area contributed by atoms with Crippen molar-refractivity contribution >= 4 is 34.4 Å². The number of hydrogen-bond acceptors (Lipinski definition) is 5. The van der Waals surface area contributed by atoms with Crippen molar-refractivity contribution in [3.63, 3.8) is 0 Å². The van der Waals surface area contributed by atoms with Gasteiger partial charge in [0.1, 0.15) is 11.6 Å². The molecule has 4 aliphatic carbocycles. The number of carbonyl (C=O) groups is 2. The van der Waals surface area contributed by atoms with Crippen LogP contribution in [0.4, 0.5) is 11.5 Å². The number of imidazole rings is 1. The van der Waals surface area contributed by atoms with Gasteiger partial charge in [0.25, 0.3) is 5.91 Å². The summed E-state index contributed by atoms with van der Waals surface area (Å²) in [6, 6.07) is 18.3. The van der Waals surface area contributed by atoms with Gasteiger partial charge in [0, 0.05) is 23.0 Å². The van der Waals surface area contributed by atoms with Crippen LogP contribution in [0, 0.1) is 16.7 Å². The second kappa shape index (κ2) is 8.48. The van der Waals surface area contributed by atoms with E-state index >= 15 is 0 Å². The fraction of sp³-hybridized carbons (Fsp3) is 0.355. The Balaban J connectivity index is 1.07. The second-order valence-corrected chi connectivity index (χ2v) is 12.3. The second-order valence-electron chi connectivity index (χ2n) is 12.3. The van der Waals surface area contributed by atoms with Crippen molar-refractivity contribution in [2.75, 3.05) is 10.6 Å². The number of aliphatic hydroxyl groups is 1. The lowest BCUT2D eigenvalue weighted by Gasteiger charge is -2.63. The molecule has 4 atom stereocenters. The lowest BCUT2D eigenvalue weighted by molar-refractivity contribution is -0.196. The summed E-state index contributed by atoms with van der Waals surface area (Å²) in [4.78, 5) is 38.3. The maximum absolute atomic E-state index is 13.5. The molecule has 0 radical (unpaired) electrons. The van der Waals surface area contributed by atoms with Crippen LogP contribution in [0.3, 0.4) is 0 Å². The number of aromatic nitrogens is 3. The summed E-state index contributed by atoms with van der Waals surface area (Å²) >= 11 is 0. The van der Waals surface area contributed by atoms with Crippen LogP contribution in [0.25, 0.3) is 22.4 Å². The molecule has 4 aromatic rings. The molecule has 2 aromatic heterocycles. The molecule has 8 nitrogen and oxygen atoms in total. The van der Waals surface area contributed by atoms with E-state index in [1.807, 2.05) is 36.4 Å². The summed E-state index contributed by atoms with van der Waals surface area (Å²) < 4.78 is 0. The van der Waals surface area contributed by atoms with Gasteiger partial charge in [0.15, 0.2) is 0 Å². The van der Waals surface area contributed by atoms with E-state index in [2.05, 4.69) is 32.5 Å². The molecule has 4 saturated carbocycles. The molecule has 2 aromatic carbocycles. The van der Waals surface area contributed by atoms with Crippen LogP contribution in [-0.2, 0) is 4.79 Å². The molecule has 2 heterocycles. The van der Waals surface area contributed by atoms with Crippen molar-refractivity contribution < 1.29 is 14.7 Å². The number of aromatic amines is 1. The minimum Gasteiger partial charge on any atom is -0.390 e. The van der Waals surface area contributed by atoms with E-state index in [1.165, 1.54) is 0 Å². The van der Waals surface area contributed by atoms with Crippen molar-refractivity contribution in [3.05, 3.63) is 72.4 Å². The molecule has 1 unspecified atom stereocenters. The van der Waals surface area contributed by atoms with E-state index < -0.39 is 11.0 Å². The van der Waals surface area contributed by atoms with Gasteiger partial charge in [-0.25, -0.2) is 9.97 Å². The molecule has 0 spiro atoms. The molecule has 39 heavy (non-hydrogen) atoms. The van der Waals surface area contributed by atoms with Gasteiger partial charge in [-0.3, -0.25) is 9.59 Å². The zero-order chi connectivity index (χ0) is 26.8. The average Bonchev–Trinajstić information content (AvgIpc) is 3.31. The largest absolute Gasteiger partial charge is 0.390 e. The highest BCUT2D eigenvalue weighted by atomic mass is 16.3. The van der Waals surface area contributed by atoms with Gasteiger partial charge in [-0.2, -0.15) is 0 Å². The molecule has 4 aliphatic rings. The third kappa shape index (κ3) is 4.29. The van der Waals surface area contributed by atoms with Crippen LogP contribution in [0.2, 0.25) is 0 Å². The Morgan fingerprint density at radius 3 is 2.56 bits per heavy atom. The van der Waals surface area contributed by atoms with Crippen LogP contribution in [0.15, 0.2) is 66.9 Å². The maximum Gasteiger partial charge on any atom is 0.256 e. The van der Waals surface area contributed by atoms with Crippen LogP contribution in [0.5, 0.6) is 0 Å². The Labute approximate surface area is 226 Å². The first-order chi connectivity index (χ1) is 18.7. The number of nitrogens with one attached hydrogen (secondary N) is 3. The molecule has 8 rings (SSSR count). The van der Waals surface area contributed by atoms with Gasteiger partial charge < -0.3 is 20.7 Å². The molecule has 0 aliphatic heterocycles. The zero-order valence-corrected chi connectivity index (χ0v) is 21.8. The van der Waals surface area contributed by atoms with Gasteiger partial charge in [-0.15, -0.1) is 0 Å². The fourth-order valence-corrected chi connectivity index (χ4v) is 8.01. The van der Waals surface area contributed by atoms with Crippen molar-refractivity contribution in [1.82, 2.24) is 15.0 Å². The van der Waals surface area contributed by atoms with Gasteiger partial charge in [0.05, 0.1) is 22.0 Å². The van der Waals surface area contributed by atoms with Crippen molar-refractivity contribution in [3.8, 4) is 11.4 Å². The Kier molecular flexibility index (Phi) is 5.23. The number of anilines is 2. The highest BCUT2D eigenvalue weighted by Crippen LogP contribution is 2.66. The molecular formula is C31H31N5O3. The minimum atomic E-state index is -0.699. The summed E-state index contributed by atoms with van der Waals surface area (Å²) in [5.41, 5.74) is 2.49. The van der Waals surface area contributed by atoms with Crippen LogP contribution in [0.1, 0.15) is 55.8 Å². The molecule has 198 valence electrons. The van der Waals surface area contributed by atoms with Crippen molar-refractivity contribution in [1.29, 1.82) is 0 Å². The highest BCUT2D eigenvalue weighted by molar-refractivity contribution is 6.05. The zero-order valence-electron chi connectivity index (χ0n) is 21.8. The molecule has 8 heteroatoms. The smallest absolute Gasteiger partial charge is 0.256 e. The van der Waals surface area contributed by atoms with E-state index in [9.17, 15) is 14.7 Å². The number of fused-ring (bicyclic) bond motifs is 1. The highest BCUT2D eigenvalue weighted by Gasteiger charge is 2.63. The number of carbonyl (C=O) groups excluding carboxylic acids is 2. The number of pyridine rings is 1. The van der Waals surface area contributed by atoms with Gasteiger partial charge >= 0.3 is 0 Å². The van der Waals surface area contributed by atoms with E-state index in [0.29, 0.717) is 29.5 Å². The molecule has 4 fully saturated rings. The van der Waals surface area contributed by atoms with E-state index in [-0.39, 0.29) is 17.2 Å². The summed E-state index contributed by atoms with van der Waals surface area (Å²) in [6.07, 6.45) is 6.68. The summed E-state index contributed by atoms with van der Waals surface area (Å²) in [7, 11) is 0. The predicted octanol–water partition coefficient (Wildman–Crippen LogP) is 5.54. The fourth-order valence-electron chi connectivity index (χ4n) is 8.01. The molecule has 0 saturated heterocycles. The normalized spacial score (nSPS) is 28.9. The Morgan fingerprint density at radius 1 is 0.974 bits per heavy atom. The monoisotopic (exact) mass is 521 g/mol. The van der Waals surface area contributed by atoms with Crippen LogP contribution in [-0.4, -0.2) is 37.5 Å². The molecular weight excluding hydrogens is 490 g/mol. The Bertz CT molecular complexity index is 1580.